The molecule has 0 saturated carbocycles. The number of aliphatic hydroxyl groups is 1. The van der Waals surface area contributed by atoms with Crippen molar-refractivity contribution >= 4 is 29.7 Å². The highest BCUT2D eigenvalue weighted by Gasteiger charge is 2.34. The number of amides is 3. The van der Waals surface area contributed by atoms with Gasteiger partial charge in [0, 0.05) is 12.7 Å². The van der Waals surface area contributed by atoms with Crippen LogP contribution in [0.1, 0.15) is 49.1 Å². The van der Waals surface area contributed by atoms with Crippen LogP contribution in [0.4, 0.5) is 10.5 Å². The minimum atomic E-state index is -1.30. The van der Waals surface area contributed by atoms with Gasteiger partial charge in [-0.2, -0.15) is 0 Å². The standard InChI is InChI=1S/C27H35N3O5/c1-8-19-13-10-14-20(15-19)23(24(32)29-22-17(2)11-9-12-18(22)3)30(7)25(33)21(16-31)28-26(34)35-27(4,5)6/h8-15,21,23,31H,1,16H2,2-7H3,(H,28,34)(H,29,32). The third-order valence-electron chi connectivity index (χ3n) is 5.35. The zero-order valence-electron chi connectivity index (χ0n) is 21.2. The molecule has 0 spiro atoms. The molecule has 0 aliphatic rings. The summed E-state index contributed by atoms with van der Waals surface area (Å²) in [7, 11) is 1.46. The van der Waals surface area contributed by atoms with Gasteiger partial charge in [-0.1, -0.05) is 49.1 Å². The zero-order valence-corrected chi connectivity index (χ0v) is 21.2. The smallest absolute Gasteiger partial charge is 0.408 e. The van der Waals surface area contributed by atoms with Gasteiger partial charge in [0.15, 0.2) is 0 Å². The third kappa shape index (κ3) is 7.42. The van der Waals surface area contributed by atoms with Crippen LogP contribution < -0.4 is 10.6 Å². The van der Waals surface area contributed by atoms with Crippen LogP contribution in [-0.2, 0) is 14.3 Å². The molecule has 2 aromatic rings. The summed E-state index contributed by atoms with van der Waals surface area (Å²) in [6.07, 6.45) is 0.801. The summed E-state index contributed by atoms with van der Waals surface area (Å²) < 4.78 is 5.21. The Morgan fingerprint density at radius 2 is 1.71 bits per heavy atom. The fraction of sp³-hybridized carbons (Fsp3) is 0.370. The van der Waals surface area contributed by atoms with E-state index in [2.05, 4.69) is 17.2 Å². The van der Waals surface area contributed by atoms with Crippen molar-refractivity contribution in [2.45, 2.75) is 52.3 Å². The van der Waals surface area contributed by atoms with Gasteiger partial charge in [0.25, 0.3) is 5.91 Å². The van der Waals surface area contributed by atoms with Crippen molar-refractivity contribution < 1.29 is 24.2 Å². The molecule has 0 aromatic heterocycles. The van der Waals surface area contributed by atoms with Gasteiger partial charge in [-0.3, -0.25) is 9.59 Å². The molecule has 2 aromatic carbocycles. The van der Waals surface area contributed by atoms with Crippen LogP contribution >= 0.6 is 0 Å². The number of hydrogen-bond acceptors (Lipinski definition) is 5. The maximum absolute atomic E-state index is 13.6. The minimum Gasteiger partial charge on any atom is -0.444 e. The van der Waals surface area contributed by atoms with Crippen molar-refractivity contribution in [1.82, 2.24) is 10.2 Å². The quantitative estimate of drug-likeness (QED) is 0.529. The molecule has 0 fully saturated rings. The number of carbonyl (C=O) groups excluding carboxylic acids is 3. The lowest BCUT2D eigenvalue weighted by Crippen LogP contribution is -2.52. The molecule has 2 unspecified atom stereocenters. The largest absolute Gasteiger partial charge is 0.444 e. The van der Waals surface area contributed by atoms with Gasteiger partial charge in [0.1, 0.15) is 17.7 Å². The average Bonchev–Trinajstić information content (AvgIpc) is 2.78. The van der Waals surface area contributed by atoms with E-state index in [9.17, 15) is 19.5 Å². The number of hydrogen-bond donors (Lipinski definition) is 3. The lowest BCUT2D eigenvalue weighted by molar-refractivity contribution is -0.139. The molecule has 35 heavy (non-hydrogen) atoms. The number of carbonyl (C=O) groups is 3. The number of alkyl carbamates (subject to hydrolysis) is 1. The van der Waals surface area contributed by atoms with Crippen molar-refractivity contribution in [3.8, 4) is 0 Å². The number of para-hydroxylation sites is 1. The molecule has 0 saturated heterocycles. The van der Waals surface area contributed by atoms with E-state index in [1.165, 1.54) is 11.9 Å². The number of anilines is 1. The van der Waals surface area contributed by atoms with Gasteiger partial charge >= 0.3 is 6.09 Å². The molecule has 8 heteroatoms. The minimum absolute atomic E-state index is 0.437. The molecule has 0 bridgehead atoms. The topological polar surface area (TPSA) is 108 Å². The Morgan fingerprint density at radius 3 is 2.26 bits per heavy atom. The number of benzene rings is 2. The van der Waals surface area contributed by atoms with Crippen molar-refractivity contribution in [2.24, 2.45) is 0 Å². The highest BCUT2D eigenvalue weighted by molar-refractivity contribution is 5.99. The first kappa shape index (κ1) is 27.6. The second kappa shape index (κ2) is 11.7. The Morgan fingerprint density at radius 1 is 1.11 bits per heavy atom. The molecule has 0 radical (unpaired) electrons. The zero-order chi connectivity index (χ0) is 26.3. The number of likely N-dealkylation sites (N-methyl/N-ethyl adjacent to an activating group) is 1. The van der Waals surface area contributed by atoms with Gasteiger partial charge in [-0.25, -0.2) is 4.79 Å². The van der Waals surface area contributed by atoms with Gasteiger partial charge < -0.3 is 25.4 Å². The Labute approximate surface area is 207 Å². The monoisotopic (exact) mass is 481 g/mol. The summed E-state index contributed by atoms with van der Waals surface area (Å²) in [5.41, 5.74) is 2.97. The molecule has 188 valence electrons. The van der Waals surface area contributed by atoms with E-state index in [1.807, 2.05) is 38.1 Å². The van der Waals surface area contributed by atoms with Crippen LogP contribution in [0.2, 0.25) is 0 Å². The molecular formula is C27H35N3O5. The summed E-state index contributed by atoms with van der Waals surface area (Å²) in [6.45, 7) is 11.9. The van der Waals surface area contributed by atoms with Crippen LogP contribution in [0, 0.1) is 13.8 Å². The number of rotatable bonds is 8. The molecule has 8 nitrogen and oxygen atoms in total. The molecule has 3 amide bonds. The summed E-state index contributed by atoms with van der Waals surface area (Å²) in [5, 5.41) is 15.2. The SMILES string of the molecule is C=Cc1cccc(C(C(=O)Nc2c(C)cccc2C)N(C)C(=O)C(CO)NC(=O)OC(C)(C)C)c1. The highest BCUT2D eigenvalue weighted by atomic mass is 16.6. The number of aryl methyl sites for hydroxylation is 2. The molecule has 2 atom stereocenters. The first-order valence-corrected chi connectivity index (χ1v) is 11.3. The average molecular weight is 482 g/mol. The van der Waals surface area contributed by atoms with E-state index in [1.54, 1.807) is 45.0 Å². The lowest BCUT2D eigenvalue weighted by Gasteiger charge is -2.31. The maximum Gasteiger partial charge on any atom is 0.408 e. The summed E-state index contributed by atoms with van der Waals surface area (Å²) in [6, 6.07) is 10.4. The van der Waals surface area contributed by atoms with E-state index in [4.69, 9.17) is 4.74 Å². The summed E-state index contributed by atoms with van der Waals surface area (Å²) in [5.74, 6) is -1.09. The fourth-order valence-electron chi connectivity index (χ4n) is 3.62. The Bertz CT molecular complexity index is 1070. The first-order valence-electron chi connectivity index (χ1n) is 11.3. The number of aliphatic hydroxyl groups excluding tert-OH is 1. The van der Waals surface area contributed by atoms with Crippen LogP contribution in [-0.4, -0.2) is 53.2 Å². The van der Waals surface area contributed by atoms with E-state index < -0.39 is 42.2 Å². The summed E-state index contributed by atoms with van der Waals surface area (Å²) >= 11 is 0. The molecule has 0 aliphatic carbocycles. The number of ether oxygens (including phenoxy) is 1. The van der Waals surface area contributed by atoms with Crippen LogP contribution in [0.15, 0.2) is 49.0 Å². The Hall–Kier alpha value is -3.65. The molecule has 2 rings (SSSR count). The Balaban J connectivity index is 2.41. The predicted molar refractivity (Wildman–Crippen MR) is 137 cm³/mol. The van der Waals surface area contributed by atoms with Crippen molar-refractivity contribution in [3.63, 3.8) is 0 Å². The second-order valence-electron chi connectivity index (χ2n) is 9.36. The summed E-state index contributed by atoms with van der Waals surface area (Å²) in [4.78, 5) is 40.3. The number of nitrogens with one attached hydrogen (secondary N) is 2. The van der Waals surface area contributed by atoms with E-state index in [0.717, 1.165) is 16.7 Å². The number of nitrogens with zero attached hydrogens (tertiary/aromatic N) is 1. The van der Waals surface area contributed by atoms with Crippen molar-refractivity contribution in [1.29, 1.82) is 0 Å². The fourth-order valence-corrected chi connectivity index (χ4v) is 3.62. The first-order chi connectivity index (χ1) is 16.4. The van der Waals surface area contributed by atoms with Gasteiger partial charge in [0.05, 0.1) is 6.61 Å². The molecular weight excluding hydrogens is 446 g/mol. The van der Waals surface area contributed by atoms with Crippen LogP contribution in [0.25, 0.3) is 6.08 Å². The molecule has 0 aliphatic heterocycles. The second-order valence-corrected chi connectivity index (χ2v) is 9.36. The van der Waals surface area contributed by atoms with Crippen LogP contribution in [0.5, 0.6) is 0 Å². The highest BCUT2D eigenvalue weighted by Crippen LogP contribution is 2.26. The van der Waals surface area contributed by atoms with Gasteiger partial charge in [-0.15, -0.1) is 0 Å². The predicted octanol–water partition coefficient (Wildman–Crippen LogP) is 3.97. The van der Waals surface area contributed by atoms with Gasteiger partial charge in [0.2, 0.25) is 5.91 Å². The van der Waals surface area contributed by atoms with E-state index in [0.29, 0.717) is 11.3 Å². The van der Waals surface area contributed by atoms with E-state index in [-0.39, 0.29) is 0 Å². The molecule has 0 heterocycles. The van der Waals surface area contributed by atoms with Crippen LogP contribution in [0.3, 0.4) is 0 Å². The van der Waals surface area contributed by atoms with Crippen molar-refractivity contribution in [2.75, 3.05) is 19.0 Å². The molecule has 3 N–H and O–H groups in total. The van der Waals surface area contributed by atoms with Gasteiger partial charge in [-0.05, 0) is 62.9 Å². The lowest BCUT2D eigenvalue weighted by atomic mass is 10.0. The third-order valence-corrected chi connectivity index (χ3v) is 5.35. The Kier molecular flexibility index (Phi) is 9.19. The maximum atomic E-state index is 13.6. The van der Waals surface area contributed by atoms with E-state index >= 15 is 0 Å². The normalized spacial score (nSPS) is 12.8. The van der Waals surface area contributed by atoms with Crippen molar-refractivity contribution in [3.05, 3.63) is 71.3 Å².